The SMILES string of the molecule is CC(C)(C)[C@H]1CC[C@H]2OCCOCCO[C@@H]3C[C@@H](C(C)(C)C)CC[C@@H]3OCCOCCO[C@H]2C1. The summed E-state index contributed by atoms with van der Waals surface area (Å²) in [7, 11) is 0. The summed E-state index contributed by atoms with van der Waals surface area (Å²) < 4.78 is 36.8. The van der Waals surface area contributed by atoms with Crippen LogP contribution in [0.5, 0.6) is 0 Å². The van der Waals surface area contributed by atoms with Gasteiger partial charge in [0.05, 0.1) is 77.3 Å². The molecule has 2 saturated carbocycles. The van der Waals surface area contributed by atoms with Crippen molar-refractivity contribution in [1.29, 1.82) is 0 Å². The molecule has 3 fully saturated rings. The first-order valence-electron chi connectivity index (χ1n) is 13.8. The lowest BCUT2D eigenvalue weighted by Gasteiger charge is -2.41. The summed E-state index contributed by atoms with van der Waals surface area (Å²) in [6, 6.07) is 0. The van der Waals surface area contributed by atoms with Gasteiger partial charge in [0.2, 0.25) is 0 Å². The standard InChI is InChI=1S/C28H52O6/c1-27(2,3)21-7-9-23-25(19-21)33-17-13-29-12-16-32-24-10-8-22(28(4,5)6)20-26(24)34-18-14-30-11-15-31-23/h21-26H,7-20H2,1-6H3/t21-,22-,23-,24+,25+,26-/m0/s1. The molecule has 0 aromatic carbocycles. The zero-order valence-electron chi connectivity index (χ0n) is 22.8. The van der Waals surface area contributed by atoms with Gasteiger partial charge < -0.3 is 28.4 Å². The minimum atomic E-state index is 0.124. The molecule has 0 N–H and O–H groups in total. The monoisotopic (exact) mass is 484 g/mol. The van der Waals surface area contributed by atoms with E-state index in [0.717, 1.165) is 25.7 Å². The van der Waals surface area contributed by atoms with E-state index in [0.29, 0.717) is 75.5 Å². The smallest absolute Gasteiger partial charge is 0.0840 e. The third kappa shape index (κ3) is 9.01. The molecule has 1 heterocycles. The lowest BCUT2D eigenvalue weighted by molar-refractivity contribution is -0.142. The molecule has 0 amide bonds. The Morgan fingerprint density at radius 1 is 0.412 bits per heavy atom. The Morgan fingerprint density at radius 2 is 0.735 bits per heavy atom. The minimum Gasteiger partial charge on any atom is -0.377 e. The maximum Gasteiger partial charge on any atom is 0.0840 e. The number of fused-ring (bicyclic) bond motifs is 2. The highest BCUT2D eigenvalue weighted by Crippen LogP contribution is 2.41. The fourth-order valence-electron chi connectivity index (χ4n) is 5.75. The zero-order valence-corrected chi connectivity index (χ0v) is 22.8. The summed E-state index contributed by atoms with van der Waals surface area (Å²) in [5, 5.41) is 0. The molecular weight excluding hydrogens is 432 g/mol. The van der Waals surface area contributed by atoms with Gasteiger partial charge in [-0.1, -0.05) is 41.5 Å². The van der Waals surface area contributed by atoms with Crippen molar-refractivity contribution in [2.75, 3.05) is 52.9 Å². The third-order valence-corrected chi connectivity index (χ3v) is 8.15. The van der Waals surface area contributed by atoms with E-state index < -0.39 is 0 Å². The highest BCUT2D eigenvalue weighted by Gasteiger charge is 2.38. The topological polar surface area (TPSA) is 55.4 Å². The van der Waals surface area contributed by atoms with E-state index in [2.05, 4.69) is 41.5 Å². The number of ether oxygens (including phenoxy) is 6. The van der Waals surface area contributed by atoms with Gasteiger partial charge in [0.1, 0.15) is 0 Å². The van der Waals surface area contributed by atoms with Gasteiger partial charge in [0, 0.05) is 0 Å². The van der Waals surface area contributed by atoms with Gasteiger partial charge in [0.25, 0.3) is 0 Å². The van der Waals surface area contributed by atoms with Crippen LogP contribution in [-0.2, 0) is 28.4 Å². The van der Waals surface area contributed by atoms with Crippen LogP contribution < -0.4 is 0 Å². The lowest BCUT2D eigenvalue weighted by atomic mass is 9.71. The van der Waals surface area contributed by atoms with Crippen LogP contribution >= 0.6 is 0 Å². The summed E-state index contributed by atoms with van der Waals surface area (Å²) in [5.74, 6) is 1.30. The van der Waals surface area contributed by atoms with Crippen molar-refractivity contribution in [3.8, 4) is 0 Å². The maximum absolute atomic E-state index is 6.29. The summed E-state index contributed by atoms with van der Waals surface area (Å²) in [4.78, 5) is 0. The lowest BCUT2D eigenvalue weighted by Crippen LogP contribution is -2.43. The number of rotatable bonds is 0. The largest absolute Gasteiger partial charge is 0.377 e. The van der Waals surface area contributed by atoms with E-state index in [-0.39, 0.29) is 24.4 Å². The van der Waals surface area contributed by atoms with Gasteiger partial charge >= 0.3 is 0 Å². The van der Waals surface area contributed by atoms with Crippen molar-refractivity contribution in [3.63, 3.8) is 0 Å². The molecule has 0 spiro atoms. The van der Waals surface area contributed by atoms with Gasteiger partial charge in [-0.3, -0.25) is 0 Å². The molecule has 200 valence electrons. The second-order valence-corrected chi connectivity index (χ2v) is 12.6. The van der Waals surface area contributed by atoms with Gasteiger partial charge in [-0.05, 0) is 61.2 Å². The first-order valence-corrected chi connectivity index (χ1v) is 13.8. The van der Waals surface area contributed by atoms with Crippen molar-refractivity contribution in [1.82, 2.24) is 0 Å². The molecule has 3 aliphatic rings. The Bertz CT molecular complexity index is 518. The fraction of sp³-hybridized carbons (Fsp3) is 1.00. The maximum atomic E-state index is 6.29. The highest BCUT2D eigenvalue weighted by atomic mass is 16.6. The summed E-state index contributed by atoms with van der Waals surface area (Å²) in [6.45, 7) is 18.8. The molecule has 6 nitrogen and oxygen atoms in total. The highest BCUT2D eigenvalue weighted by molar-refractivity contribution is 4.88. The second kappa shape index (κ2) is 13.3. The van der Waals surface area contributed by atoms with E-state index in [9.17, 15) is 0 Å². The first kappa shape index (κ1) is 28.3. The van der Waals surface area contributed by atoms with Crippen molar-refractivity contribution < 1.29 is 28.4 Å². The van der Waals surface area contributed by atoms with Crippen molar-refractivity contribution in [2.24, 2.45) is 22.7 Å². The average molecular weight is 485 g/mol. The minimum absolute atomic E-state index is 0.124. The quantitative estimate of drug-likeness (QED) is 0.467. The van der Waals surface area contributed by atoms with Crippen LogP contribution in [-0.4, -0.2) is 77.3 Å². The van der Waals surface area contributed by atoms with Gasteiger partial charge in [-0.15, -0.1) is 0 Å². The van der Waals surface area contributed by atoms with Crippen LogP contribution in [0, 0.1) is 22.7 Å². The van der Waals surface area contributed by atoms with E-state index in [1.54, 1.807) is 0 Å². The Labute approximate surface area is 208 Å². The fourth-order valence-corrected chi connectivity index (χ4v) is 5.75. The molecule has 2 aliphatic carbocycles. The van der Waals surface area contributed by atoms with Crippen molar-refractivity contribution in [3.05, 3.63) is 0 Å². The Kier molecular flexibility index (Phi) is 11.1. The zero-order chi connectivity index (χ0) is 24.6. The van der Waals surface area contributed by atoms with Crippen LogP contribution in [0.25, 0.3) is 0 Å². The molecule has 6 heteroatoms. The molecule has 0 aromatic rings. The molecule has 0 radical (unpaired) electrons. The average Bonchev–Trinajstić information content (AvgIpc) is 2.77. The van der Waals surface area contributed by atoms with Crippen LogP contribution in [0.3, 0.4) is 0 Å². The van der Waals surface area contributed by atoms with Crippen LogP contribution in [0.15, 0.2) is 0 Å². The number of hydrogen-bond acceptors (Lipinski definition) is 6. The van der Waals surface area contributed by atoms with Crippen LogP contribution in [0.1, 0.15) is 80.1 Å². The van der Waals surface area contributed by atoms with Gasteiger partial charge in [0.15, 0.2) is 0 Å². The molecular formula is C28H52O6. The molecule has 3 rings (SSSR count). The number of hydrogen-bond donors (Lipinski definition) is 0. The normalized spacial score (nSPS) is 36.5. The van der Waals surface area contributed by atoms with Crippen LogP contribution in [0.4, 0.5) is 0 Å². The summed E-state index contributed by atoms with van der Waals surface area (Å²) in [6.07, 6.45) is 7.08. The Hall–Kier alpha value is -0.240. The van der Waals surface area contributed by atoms with Gasteiger partial charge in [-0.25, -0.2) is 0 Å². The first-order chi connectivity index (χ1) is 16.1. The molecule has 0 unspecified atom stereocenters. The molecule has 34 heavy (non-hydrogen) atoms. The van der Waals surface area contributed by atoms with E-state index in [1.165, 1.54) is 12.8 Å². The van der Waals surface area contributed by atoms with E-state index in [1.807, 2.05) is 0 Å². The third-order valence-electron chi connectivity index (χ3n) is 8.15. The molecule has 6 atom stereocenters. The Morgan fingerprint density at radius 3 is 1.06 bits per heavy atom. The van der Waals surface area contributed by atoms with E-state index >= 15 is 0 Å². The van der Waals surface area contributed by atoms with Gasteiger partial charge in [-0.2, -0.15) is 0 Å². The predicted molar refractivity (Wildman–Crippen MR) is 134 cm³/mol. The van der Waals surface area contributed by atoms with E-state index in [4.69, 9.17) is 28.4 Å². The second-order valence-electron chi connectivity index (χ2n) is 12.6. The molecule has 1 aliphatic heterocycles. The predicted octanol–water partition coefficient (Wildman–Crippen LogP) is 5.27. The van der Waals surface area contributed by atoms with Crippen molar-refractivity contribution in [2.45, 2.75) is 104 Å². The van der Waals surface area contributed by atoms with Crippen LogP contribution in [0.2, 0.25) is 0 Å². The molecule has 0 aromatic heterocycles. The van der Waals surface area contributed by atoms with Crippen molar-refractivity contribution >= 4 is 0 Å². The molecule has 1 saturated heterocycles. The Balaban J connectivity index is 1.51. The molecule has 0 bridgehead atoms. The summed E-state index contributed by atoms with van der Waals surface area (Å²) in [5.41, 5.74) is 0.586. The summed E-state index contributed by atoms with van der Waals surface area (Å²) >= 11 is 0.